The van der Waals surface area contributed by atoms with E-state index < -0.39 is 18.0 Å². The summed E-state index contributed by atoms with van der Waals surface area (Å²) in [4.78, 5) is 33.4. The van der Waals surface area contributed by atoms with E-state index in [-0.39, 0.29) is 0 Å². The second-order valence-corrected chi connectivity index (χ2v) is 8.15. The number of benzene rings is 2. The predicted octanol–water partition coefficient (Wildman–Crippen LogP) is 1.71. The number of aliphatic hydroxyl groups is 1. The topological polar surface area (TPSA) is 90.7 Å². The van der Waals surface area contributed by atoms with Crippen molar-refractivity contribution in [3.8, 4) is 0 Å². The molecule has 4 rings (SSSR count). The number of hydrogen-bond acceptors (Lipinski definition) is 5. The van der Waals surface area contributed by atoms with Gasteiger partial charge < -0.3 is 19.9 Å². The summed E-state index contributed by atoms with van der Waals surface area (Å²) in [6, 6.07) is 18.8. The zero-order valence-corrected chi connectivity index (χ0v) is 18.5. The Labute approximate surface area is 193 Å². The summed E-state index contributed by atoms with van der Waals surface area (Å²) in [6.07, 6.45) is 3.03. The monoisotopic (exact) mass is 447 g/mol. The van der Waals surface area contributed by atoms with Gasteiger partial charge in [-0.1, -0.05) is 48.5 Å². The molecule has 1 aliphatic rings. The molecular weight excluding hydrogens is 418 g/mol. The average molecular weight is 448 g/mol. The molecule has 1 aliphatic heterocycles. The second-order valence-electron chi connectivity index (χ2n) is 8.15. The Morgan fingerprint density at radius 1 is 0.939 bits per heavy atom. The maximum Gasteiger partial charge on any atom is 0.272 e. The van der Waals surface area contributed by atoms with Crippen LogP contribution in [0.5, 0.6) is 0 Å². The third-order valence-corrected chi connectivity index (χ3v) is 5.80. The van der Waals surface area contributed by atoms with Gasteiger partial charge >= 0.3 is 0 Å². The molecule has 3 aromatic rings. The first-order valence-corrected chi connectivity index (χ1v) is 11.2. The van der Waals surface area contributed by atoms with Crippen LogP contribution in [-0.2, 0) is 17.9 Å². The summed E-state index contributed by atoms with van der Waals surface area (Å²) in [5, 5.41) is 12.7. The number of imidazole rings is 1. The van der Waals surface area contributed by atoms with Crippen molar-refractivity contribution >= 4 is 11.8 Å². The second kappa shape index (κ2) is 10.9. The molecule has 2 heterocycles. The molecule has 2 aromatic carbocycles. The van der Waals surface area contributed by atoms with Crippen molar-refractivity contribution in [3.63, 3.8) is 0 Å². The van der Waals surface area contributed by atoms with Crippen LogP contribution >= 0.6 is 0 Å². The average Bonchev–Trinajstić information content (AvgIpc) is 3.13. The van der Waals surface area contributed by atoms with Gasteiger partial charge in [-0.2, -0.15) is 0 Å². The van der Waals surface area contributed by atoms with Gasteiger partial charge in [0.2, 0.25) is 6.23 Å². The molecule has 172 valence electrons. The van der Waals surface area contributed by atoms with Gasteiger partial charge in [0.1, 0.15) is 5.82 Å². The lowest BCUT2D eigenvalue weighted by Gasteiger charge is -2.24. The SMILES string of the molecule is O=C(NC(O)C(=O)N1CCCN(Cc2nccn2Cc2ccccc2)CC1)c1ccccc1. The largest absolute Gasteiger partial charge is 0.365 e. The maximum atomic E-state index is 12.7. The van der Waals surface area contributed by atoms with E-state index in [1.165, 1.54) is 5.56 Å². The molecule has 2 amide bonds. The molecule has 0 bridgehead atoms. The summed E-state index contributed by atoms with van der Waals surface area (Å²) in [5.74, 6) is 0.0265. The van der Waals surface area contributed by atoms with Crippen LogP contribution in [-0.4, -0.2) is 68.7 Å². The molecule has 8 heteroatoms. The zero-order valence-electron chi connectivity index (χ0n) is 18.5. The van der Waals surface area contributed by atoms with Crippen molar-refractivity contribution in [3.05, 3.63) is 90.0 Å². The van der Waals surface area contributed by atoms with Crippen molar-refractivity contribution in [2.24, 2.45) is 0 Å². The highest BCUT2D eigenvalue weighted by atomic mass is 16.3. The van der Waals surface area contributed by atoms with Crippen LogP contribution < -0.4 is 5.32 Å². The molecule has 8 nitrogen and oxygen atoms in total. The lowest BCUT2D eigenvalue weighted by molar-refractivity contribution is -0.141. The lowest BCUT2D eigenvalue weighted by Crippen LogP contribution is -2.49. The Hall–Kier alpha value is -3.49. The number of hydrogen-bond donors (Lipinski definition) is 2. The van der Waals surface area contributed by atoms with Crippen LogP contribution in [0, 0.1) is 0 Å². The molecule has 1 atom stereocenters. The summed E-state index contributed by atoms with van der Waals surface area (Å²) >= 11 is 0. The van der Waals surface area contributed by atoms with Crippen LogP contribution in [0.3, 0.4) is 0 Å². The lowest BCUT2D eigenvalue weighted by atomic mass is 10.2. The Bertz CT molecular complexity index is 1050. The zero-order chi connectivity index (χ0) is 23.0. The van der Waals surface area contributed by atoms with E-state index in [4.69, 9.17) is 0 Å². The van der Waals surface area contributed by atoms with Crippen LogP contribution in [0.25, 0.3) is 0 Å². The molecule has 0 spiro atoms. The molecule has 0 saturated carbocycles. The highest BCUT2D eigenvalue weighted by Crippen LogP contribution is 2.11. The predicted molar refractivity (Wildman–Crippen MR) is 124 cm³/mol. The summed E-state index contributed by atoms with van der Waals surface area (Å²) in [5.41, 5.74) is 1.62. The molecule has 1 saturated heterocycles. The number of carbonyl (C=O) groups is 2. The highest BCUT2D eigenvalue weighted by Gasteiger charge is 2.26. The molecule has 2 N–H and O–H groups in total. The van der Waals surface area contributed by atoms with Crippen molar-refractivity contribution < 1.29 is 14.7 Å². The summed E-state index contributed by atoms with van der Waals surface area (Å²) in [7, 11) is 0. The first-order valence-electron chi connectivity index (χ1n) is 11.2. The van der Waals surface area contributed by atoms with Gasteiger partial charge in [0, 0.05) is 50.7 Å². The quantitative estimate of drug-likeness (QED) is 0.538. The Balaban J connectivity index is 1.30. The van der Waals surface area contributed by atoms with Gasteiger partial charge in [-0.15, -0.1) is 0 Å². The molecule has 0 aliphatic carbocycles. The van der Waals surface area contributed by atoms with Crippen molar-refractivity contribution in [2.75, 3.05) is 26.2 Å². The Kier molecular flexibility index (Phi) is 7.49. The van der Waals surface area contributed by atoms with Crippen LogP contribution in [0.2, 0.25) is 0 Å². The highest BCUT2D eigenvalue weighted by molar-refractivity contribution is 5.97. The van der Waals surface area contributed by atoms with Gasteiger partial charge in [-0.05, 0) is 24.1 Å². The van der Waals surface area contributed by atoms with Crippen LogP contribution in [0.1, 0.15) is 28.2 Å². The molecule has 33 heavy (non-hydrogen) atoms. The van der Waals surface area contributed by atoms with Gasteiger partial charge in [0.15, 0.2) is 0 Å². The molecule has 0 radical (unpaired) electrons. The minimum Gasteiger partial charge on any atom is -0.365 e. The van der Waals surface area contributed by atoms with Crippen molar-refractivity contribution in [2.45, 2.75) is 25.7 Å². The normalized spacial score (nSPS) is 15.6. The van der Waals surface area contributed by atoms with E-state index in [0.29, 0.717) is 31.7 Å². The van der Waals surface area contributed by atoms with E-state index in [0.717, 1.165) is 25.3 Å². The number of nitrogens with zero attached hydrogens (tertiary/aromatic N) is 4. The number of rotatable bonds is 7. The van der Waals surface area contributed by atoms with Crippen LogP contribution in [0.4, 0.5) is 0 Å². The van der Waals surface area contributed by atoms with Crippen molar-refractivity contribution in [1.29, 1.82) is 0 Å². The van der Waals surface area contributed by atoms with E-state index in [9.17, 15) is 14.7 Å². The van der Waals surface area contributed by atoms with E-state index in [1.807, 2.05) is 30.6 Å². The van der Waals surface area contributed by atoms with Gasteiger partial charge in [-0.25, -0.2) is 4.98 Å². The molecule has 1 unspecified atom stereocenters. The van der Waals surface area contributed by atoms with E-state index >= 15 is 0 Å². The maximum absolute atomic E-state index is 12.7. The van der Waals surface area contributed by atoms with E-state index in [1.54, 1.807) is 35.2 Å². The fraction of sp³-hybridized carbons (Fsp3) is 0.320. The summed E-state index contributed by atoms with van der Waals surface area (Å²) in [6.45, 7) is 3.97. The van der Waals surface area contributed by atoms with Crippen molar-refractivity contribution in [1.82, 2.24) is 24.7 Å². The molecule has 1 aromatic heterocycles. The van der Waals surface area contributed by atoms with Crippen LogP contribution in [0.15, 0.2) is 73.1 Å². The fourth-order valence-electron chi connectivity index (χ4n) is 4.00. The summed E-state index contributed by atoms with van der Waals surface area (Å²) < 4.78 is 2.14. The third kappa shape index (κ3) is 6.06. The molecule has 1 fully saturated rings. The number of carbonyl (C=O) groups excluding carboxylic acids is 2. The Morgan fingerprint density at radius 3 is 2.42 bits per heavy atom. The first-order chi connectivity index (χ1) is 16.1. The number of aliphatic hydroxyl groups excluding tert-OH is 1. The number of aromatic nitrogens is 2. The van der Waals surface area contributed by atoms with Gasteiger partial charge in [-0.3, -0.25) is 14.5 Å². The smallest absolute Gasteiger partial charge is 0.272 e. The standard InChI is InChI=1S/C25H29N5O3/c31-23(21-10-5-2-6-11-21)27-24(32)25(33)29-14-7-13-28(16-17-29)19-22-26-12-15-30(22)18-20-8-3-1-4-9-20/h1-6,8-12,15,24,32H,7,13-14,16-19H2,(H,27,31). The molecular formula is C25H29N5O3. The first kappa shape index (κ1) is 22.7. The fourth-order valence-corrected chi connectivity index (χ4v) is 4.00. The number of nitrogens with one attached hydrogen (secondary N) is 1. The van der Waals surface area contributed by atoms with Gasteiger partial charge in [0.05, 0.1) is 6.54 Å². The number of amides is 2. The third-order valence-electron chi connectivity index (χ3n) is 5.80. The minimum absolute atomic E-state index is 0.400. The Morgan fingerprint density at radius 2 is 1.67 bits per heavy atom. The minimum atomic E-state index is -1.56. The van der Waals surface area contributed by atoms with Gasteiger partial charge in [0.25, 0.3) is 11.8 Å². The van der Waals surface area contributed by atoms with E-state index in [2.05, 4.69) is 31.9 Å².